The van der Waals surface area contributed by atoms with Crippen LogP contribution >= 0.6 is 15.9 Å². The van der Waals surface area contributed by atoms with Crippen molar-refractivity contribution in [1.29, 1.82) is 0 Å². The zero-order chi connectivity index (χ0) is 11.5. The number of benzene rings is 1. The third-order valence-electron chi connectivity index (χ3n) is 2.32. The maximum Gasteiger partial charge on any atom is 0.174 e. The van der Waals surface area contributed by atoms with E-state index in [1.54, 1.807) is 18.2 Å². The number of hydrogen-bond acceptors (Lipinski definition) is 2. The highest BCUT2D eigenvalue weighted by Gasteiger charge is 2.14. The van der Waals surface area contributed by atoms with Gasteiger partial charge in [0, 0.05) is 12.0 Å². The Morgan fingerprint density at radius 2 is 2.19 bits per heavy atom. The van der Waals surface area contributed by atoms with Crippen LogP contribution in [0.3, 0.4) is 0 Å². The Kier molecular flexibility index (Phi) is 3.41. The molecule has 1 unspecified atom stereocenters. The summed E-state index contributed by atoms with van der Waals surface area (Å²) in [6, 6.07) is 7.89. The molecule has 1 aromatic heterocycles. The summed E-state index contributed by atoms with van der Waals surface area (Å²) in [6.07, 6.45) is 1.15. The lowest BCUT2D eigenvalue weighted by atomic mass is 10.0. The molecule has 0 saturated carbocycles. The van der Waals surface area contributed by atoms with E-state index in [4.69, 9.17) is 4.42 Å². The lowest BCUT2D eigenvalue weighted by Crippen LogP contribution is -2.01. The van der Waals surface area contributed by atoms with E-state index in [0.717, 1.165) is 5.56 Å². The van der Waals surface area contributed by atoms with Crippen LogP contribution in [0.15, 0.2) is 45.7 Å². The summed E-state index contributed by atoms with van der Waals surface area (Å²) < 4.78 is 18.5. The maximum absolute atomic E-state index is 12.9. The standard InChI is InChI=1S/C12H10BrFO2/c13-12-10(4-5-16-12)11(15)7-8-2-1-3-9(14)6-8/h1-6,11,15H,7H2. The lowest BCUT2D eigenvalue weighted by Gasteiger charge is -2.09. The molecule has 1 aromatic carbocycles. The number of halogens is 2. The average molecular weight is 285 g/mol. The molecule has 2 rings (SSSR count). The second-order valence-corrected chi connectivity index (χ2v) is 4.22. The topological polar surface area (TPSA) is 33.4 Å². The van der Waals surface area contributed by atoms with Crippen molar-refractivity contribution in [1.82, 2.24) is 0 Å². The number of aliphatic hydroxyl groups excluding tert-OH is 1. The van der Waals surface area contributed by atoms with E-state index in [1.807, 2.05) is 0 Å². The van der Waals surface area contributed by atoms with E-state index in [1.165, 1.54) is 18.4 Å². The first-order chi connectivity index (χ1) is 7.66. The fourth-order valence-corrected chi connectivity index (χ4v) is 2.04. The molecule has 1 N–H and O–H groups in total. The fourth-order valence-electron chi connectivity index (χ4n) is 1.54. The third-order valence-corrected chi connectivity index (χ3v) is 2.97. The number of rotatable bonds is 3. The highest BCUT2D eigenvalue weighted by atomic mass is 79.9. The highest BCUT2D eigenvalue weighted by Crippen LogP contribution is 2.27. The van der Waals surface area contributed by atoms with Crippen LogP contribution in [0.4, 0.5) is 4.39 Å². The Morgan fingerprint density at radius 3 is 2.81 bits per heavy atom. The van der Waals surface area contributed by atoms with Crippen molar-refractivity contribution in [3.05, 3.63) is 58.2 Å². The summed E-state index contributed by atoms with van der Waals surface area (Å²) in [4.78, 5) is 0. The largest absolute Gasteiger partial charge is 0.457 e. The Morgan fingerprint density at radius 1 is 1.38 bits per heavy atom. The lowest BCUT2D eigenvalue weighted by molar-refractivity contribution is 0.176. The van der Waals surface area contributed by atoms with Crippen LogP contribution in [0, 0.1) is 5.82 Å². The van der Waals surface area contributed by atoms with Crippen molar-refractivity contribution in [2.45, 2.75) is 12.5 Å². The van der Waals surface area contributed by atoms with Gasteiger partial charge in [-0.15, -0.1) is 0 Å². The summed E-state index contributed by atoms with van der Waals surface area (Å²) in [6.45, 7) is 0. The zero-order valence-corrected chi connectivity index (χ0v) is 9.95. The van der Waals surface area contributed by atoms with Gasteiger partial charge in [0.1, 0.15) is 5.82 Å². The molecule has 84 valence electrons. The van der Waals surface area contributed by atoms with Gasteiger partial charge in [0.2, 0.25) is 0 Å². The predicted octanol–water partition coefficient (Wildman–Crippen LogP) is 3.46. The van der Waals surface area contributed by atoms with Gasteiger partial charge in [0.25, 0.3) is 0 Å². The molecular weight excluding hydrogens is 275 g/mol. The smallest absolute Gasteiger partial charge is 0.174 e. The van der Waals surface area contributed by atoms with Gasteiger partial charge in [-0.05, 0) is 39.7 Å². The molecule has 0 fully saturated rings. The molecule has 0 radical (unpaired) electrons. The minimum absolute atomic E-state index is 0.295. The second kappa shape index (κ2) is 4.80. The van der Waals surface area contributed by atoms with E-state index in [0.29, 0.717) is 16.7 Å². The summed E-state index contributed by atoms with van der Waals surface area (Å²) in [5, 5.41) is 9.92. The van der Waals surface area contributed by atoms with Crippen molar-refractivity contribution in [2.24, 2.45) is 0 Å². The molecule has 0 spiro atoms. The Hall–Kier alpha value is -1.13. The van der Waals surface area contributed by atoms with Crippen molar-refractivity contribution in [2.75, 3.05) is 0 Å². The first-order valence-electron chi connectivity index (χ1n) is 4.82. The first kappa shape index (κ1) is 11.4. The van der Waals surface area contributed by atoms with Gasteiger partial charge in [-0.1, -0.05) is 12.1 Å². The van der Waals surface area contributed by atoms with E-state index < -0.39 is 6.10 Å². The second-order valence-electron chi connectivity index (χ2n) is 3.50. The van der Waals surface area contributed by atoms with Crippen molar-refractivity contribution < 1.29 is 13.9 Å². The molecule has 0 bridgehead atoms. The summed E-state index contributed by atoms with van der Waals surface area (Å²) in [5.41, 5.74) is 1.42. The molecule has 16 heavy (non-hydrogen) atoms. The highest BCUT2D eigenvalue weighted by molar-refractivity contribution is 9.10. The monoisotopic (exact) mass is 284 g/mol. The van der Waals surface area contributed by atoms with Gasteiger partial charge >= 0.3 is 0 Å². The van der Waals surface area contributed by atoms with Crippen LogP contribution < -0.4 is 0 Å². The van der Waals surface area contributed by atoms with Crippen LogP contribution in [0.5, 0.6) is 0 Å². The molecule has 4 heteroatoms. The average Bonchev–Trinajstić information content (AvgIpc) is 2.64. The van der Waals surface area contributed by atoms with E-state index in [-0.39, 0.29) is 5.82 Å². The van der Waals surface area contributed by atoms with Gasteiger partial charge < -0.3 is 9.52 Å². The first-order valence-corrected chi connectivity index (χ1v) is 5.61. The Labute approximate surface area is 101 Å². The molecule has 1 heterocycles. The SMILES string of the molecule is OC(Cc1cccc(F)c1)c1ccoc1Br. The van der Waals surface area contributed by atoms with Crippen molar-refractivity contribution >= 4 is 15.9 Å². The molecule has 2 aromatic rings. The molecule has 1 atom stereocenters. The molecule has 0 aliphatic carbocycles. The van der Waals surface area contributed by atoms with Gasteiger partial charge in [-0.3, -0.25) is 0 Å². The van der Waals surface area contributed by atoms with Gasteiger partial charge in [0.05, 0.1) is 12.4 Å². The molecule has 2 nitrogen and oxygen atoms in total. The minimum atomic E-state index is -0.699. The van der Waals surface area contributed by atoms with Crippen LogP contribution in [-0.2, 0) is 6.42 Å². The van der Waals surface area contributed by atoms with E-state index in [9.17, 15) is 9.50 Å². The molecule has 0 saturated heterocycles. The van der Waals surface area contributed by atoms with Gasteiger partial charge in [-0.2, -0.15) is 0 Å². The number of aliphatic hydroxyl groups is 1. The quantitative estimate of drug-likeness (QED) is 0.937. The van der Waals surface area contributed by atoms with Crippen molar-refractivity contribution in [3.8, 4) is 0 Å². The molecular formula is C12H10BrFO2. The van der Waals surface area contributed by atoms with Crippen LogP contribution in [0.2, 0.25) is 0 Å². The summed E-state index contributed by atoms with van der Waals surface area (Å²) >= 11 is 3.19. The van der Waals surface area contributed by atoms with E-state index >= 15 is 0 Å². The predicted molar refractivity (Wildman–Crippen MR) is 61.5 cm³/mol. The Balaban J connectivity index is 2.14. The van der Waals surface area contributed by atoms with Crippen LogP contribution in [-0.4, -0.2) is 5.11 Å². The van der Waals surface area contributed by atoms with Gasteiger partial charge in [-0.25, -0.2) is 4.39 Å². The Bertz CT molecular complexity index is 481. The summed E-state index contributed by atoms with van der Waals surface area (Å²) in [5.74, 6) is -0.295. The molecule has 0 aliphatic heterocycles. The summed E-state index contributed by atoms with van der Waals surface area (Å²) in [7, 11) is 0. The number of furan rings is 1. The third kappa shape index (κ3) is 2.51. The fraction of sp³-hybridized carbons (Fsp3) is 0.167. The normalized spacial score (nSPS) is 12.7. The minimum Gasteiger partial charge on any atom is -0.457 e. The molecule has 0 aliphatic rings. The molecule has 0 amide bonds. The van der Waals surface area contributed by atoms with Crippen LogP contribution in [0.1, 0.15) is 17.2 Å². The number of hydrogen-bond donors (Lipinski definition) is 1. The van der Waals surface area contributed by atoms with Crippen molar-refractivity contribution in [3.63, 3.8) is 0 Å². The van der Waals surface area contributed by atoms with Crippen LogP contribution in [0.25, 0.3) is 0 Å². The van der Waals surface area contributed by atoms with E-state index in [2.05, 4.69) is 15.9 Å². The maximum atomic E-state index is 12.9. The van der Waals surface area contributed by atoms with Gasteiger partial charge in [0.15, 0.2) is 4.67 Å². The zero-order valence-electron chi connectivity index (χ0n) is 8.36.